The van der Waals surface area contributed by atoms with Gasteiger partial charge in [0.05, 0.1) is 5.71 Å². The number of aliphatic hydroxyl groups is 1. The Balaban J connectivity index is 3.91. The number of hydrazone groups is 1. The fourth-order valence-electron chi connectivity index (χ4n) is 0.446. The second-order valence-corrected chi connectivity index (χ2v) is 1.86. The largest absolute Gasteiger partial charge is 0.375 e. The van der Waals surface area contributed by atoms with Gasteiger partial charge in [-0.05, 0) is 12.5 Å². The van der Waals surface area contributed by atoms with Gasteiger partial charge in [0, 0.05) is 6.54 Å². The molecule has 0 radical (unpaired) electrons. The van der Waals surface area contributed by atoms with Crippen LogP contribution in [0.2, 0.25) is 0 Å². The summed E-state index contributed by atoms with van der Waals surface area (Å²) in [4.78, 5) is 0. The van der Waals surface area contributed by atoms with Crippen molar-refractivity contribution in [3.63, 3.8) is 0 Å². The molecule has 4 nitrogen and oxygen atoms in total. The van der Waals surface area contributed by atoms with E-state index in [1.807, 2.05) is 6.92 Å². The Morgan fingerprint density at radius 1 is 1.80 bits per heavy atom. The summed E-state index contributed by atoms with van der Waals surface area (Å²) in [5, 5.41) is 12.1. The molecule has 0 atom stereocenters. The van der Waals surface area contributed by atoms with Crippen molar-refractivity contribution in [2.24, 2.45) is 10.8 Å². The van der Waals surface area contributed by atoms with Crippen molar-refractivity contribution < 1.29 is 5.11 Å². The lowest BCUT2D eigenvalue weighted by atomic mass is 10.2. The Bertz CT molecular complexity index is 142. The second kappa shape index (κ2) is 4.96. The van der Waals surface area contributed by atoms with E-state index in [0.717, 1.165) is 5.57 Å². The molecule has 0 aliphatic rings. The van der Waals surface area contributed by atoms with Crippen molar-refractivity contribution in [3.05, 3.63) is 12.2 Å². The smallest absolute Gasteiger partial charge is 0.128 e. The molecule has 0 bridgehead atoms. The van der Waals surface area contributed by atoms with Crippen LogP contribution in [0.15, 0.2) is 17.3 Å². The van der Waals surface area contributed by atoms with E-state index in [9.17, 15) is 0 Å². The van der Waals surface area contributed by atoms with Gasteiger partial charge in [-0.1, -0.05) is 6.58 Å². The van der Waals surface area contributed by atoms with Gasteiger partial charge in [-0.3, -0.25) is 5.43 Å². The highest BCUT2D eigenvalue weighted by molar-refractivity contribution is 6.00. The minimum atomic E-state index is -0.184. The predicted molar refractivity (Wildman–Crippen MR) is 41.5 cm³/mol. The molecule has 0 fully saturated rings. The van der Waals surface area contributed by atoms with E-state index in [4.69, 9.17) is 10.8 Å². The summed E-state index contributed by atoms with van der Waals surface area (Å²) in [6, 6.07) is 0. The van der Waals surface area contributed by atoms with Gasteiger partial charge in [0.2, 0.25) is 0 Å². The van der Waals surface area contributed by atoms with Crippen LogP contribution < -0.4 is 11.2 Å². The first kappa shape index (κ1) is 9.13. The van der Waals surface area contributed by atoms with Crippen LogP contribution in [-0.4, -0.2) is 24.1 Å². The third kappa shape index (κ3) is 3.21. The van der Waals surface area contributed by atoms with Crippen molar-refractivity contribution in [2.45, 2.75) is 6.92 Å². The lowest BCUT2D eigenvalue weighted by molar-refractivity contribution is 0.264. The highest BCUT2D eigenvalue weighted by atomic mass is 16.3. The first-order valence-electron chi connectivity index (χ1n) is 2.98. The monoisotopic (exact) mass is 143 g/mol. The molecule has 58 valence electrons. The topological polar surface area (TPSA) is 70.6 Å². The van der Waals surface area contributed by atoms with Crippen LogP contribution in [0.25, 0.3) is 0 Å². The molecule has 0 saturated heterocycles. The molecule has 0 unspecified atom stereocenters. The van der Waals surface area contributed by atoms with Crippen molar-refractivity contribution >= 4 is 5.71 Å². The Kier molecular flexibility index (Phi) is 4.53. The highest BCUT2D eigenvalue weighted by Gasteiger charge is 1.94. The van der Waals surface area contributed by atoms with E-state index in [1.165, 1.54) is 0 Å². The van der Waals surface area contributed by atoms with Crippen LogP contribution in [0.3, 0.4) is 0 Å². The molecular weight excluding hydrogens is 130 g/mol. The molecule has 0 rings (SSSR count). The zero-order valence-electron chi connectivity index (χ0n) is 6.09. The van der Waals surface area contributed by atoms with Crippen LogP contribution in [0.1, 0.15) is 6.92 Å². The Morgan fingerprint density at radius 3 is 2.70 bits per heavy atom. The Labute approximate surface area is 60.4 Å². The van der Waals surface area contributed by atoms with Gasteiger partial charge in [0.25, 0.3) is 0 Å². The van der Waals surface area contributed by atoms with Crippen LogP contribution in [-0.2, 0) is 0 Å². The first-order chi connectivity index (χ1) is 4.72. The normalized spacial score (nSPS) is 11.3. The third-order valence-corrected chi connectivity index (χ3v) is 0.971. The van der Waals surface area contributed by atoms with Crippen LogP contribution >= 0.6 is 0 Å². The summed E-state index contributed by atoms with van der Waals surface area (Å²) in [5.41, 5.74) is 9.17. The van der Waals surface area contributed by atoms with Gasteiger partial charge in [0.1, 0.15) is 6.73 Å². The fourth-order valence-corrected chi connectivity index (χ4v) is 0.446. The molecule has 0 aromatic heterocycles. The number of aliphatic hydroxyl groups excluding tert-OH is 1. The number of nitrogens with two attached hydrogens (primary N) is 1. The molecule has 0 aliphatic heterocycles. The number of nitrogens with one attached hydrogen (secondary N) is 1. The van der Waals surface area contributed by atoms with E-state index in [0.29, 0.717) is 12.3 Å². The lowest BCUT2D eigenvalue weighted by Gasteiger charge is -2.01. The molecule has 10 heavy (non-hydrogen) atoms. The second-order valence-electron chi connectivity index (χ2n) is 1.86. The average Bonchev–Trinajstić information content (AvgIpc) is 1.89. The highest BCUT2D eigenvalue weighted by Crippen LogP contribution is 1.88. The minimum Gasteiger partial charge on any atom is -0.375 e. The molecule has 0 aromatic carbocycles. The first-order valence-corrected chi connectivity index (χ1v) is 2.98. The number of hydrogen-bond acceptors (Lipinski definition) is 4. The van der Waals surface area contributed by atoms with Crippen molar-refractivity contribution in [3.8, 4) is 0 Å². The molecule has 4 heteroatoms. The summed E-state index contributed by atoms with van der Waals surface area (Å²) < 4.78 is 0. The Morgan fingerprint density at radius 2 is 2.40 bits per heavy atom. The van der Waals surface area contributed by atoms with Gasteiger partial charge in [0.15, 0.2) is 0 Å². The standard InChI is InChI=1S/C6H13N3O/c1-5(2)6(3-7)9-8-4-10/h8,10H,1,3-4,7H2,2H3/b9-6-. The zero-order valence-corrected chi connectivity index (χ0v) is 6.09. The third-order valence-electron chi connectivity index (χ3n) is 0.971. The SMILES string of the molecule is C=C(C)/C(CN)=N\NCO. The Hall–Kier alpha value is -0.870. The molecule has 0 aromatic rings. The van der Waals surface area contributed by atoms with E-state index in [2.05, 4.69) is 17.1 Å². The van der Waals surface area contributed by atoms with Gasteiger partial charge < -0.3 is 10.8 Å². The fraction of sp³-hybridized carbons (Fsp3) is 0.500. The van der Waals surface area contributed by atoms with Crippen LogP contribution in [0, 0.1) is 0 Å². The molecule has 0 amide bonds. The predicted octanol–water partition coefficient (Wildman–Crippen LogP) is -0.583. The van der Waals surface area contributed by atoms with E-state index >= 15 is 0 Å². The van der Waals surface area contributed by atoms with Crippen molar-refractivity contribution in [1.29, 1.82) is 0 Å². The molecule has 0 aliphatic carbocycles. The van der Waals surface area contributed by atoms with Gasteiger partial charge >= 0.3 is 0 Å². The van der Waals surface area contributed by atoms with Gasteiger partial charge in [-0.15, -0.1) is 0 Å². The van der Waals surface area contributed by atoms with Gasteiger partial charge in [-0.25, -0.2) is 0 Å². The summed E-state index contributed by atoms with van der Waals surface area (Å²) >= 11 is 0. The maximum atomic E-state index is 8.30. The number of rotatable bonds is 4. The maximum absolute atomic E-state index is 8.30. The number of hydrogen-bond donors (Lipinski definition) is 3. The lowest BCUT2D eigenvalue weighted by Crippen LogP contribution is -2.19. The van der Waals surface area contributed by atoms with Gasteiger partial charge in [-0.2, -0.15) is 5.10 Å². The molecule has 4 N–H and O–H groups in total. The number of nitrogens with zero attached hydrogens (tertiary/aromatic N) is 1. The maximum Gasteiger partial charge on any atom is 0.128 e. The van der Waals surface area contributed by atoms with E-state index < -0.39 is 0 Å². The summed E-state index contributed by atoms with van der Waals surface area (Å²) in [6.07, 6.45) is 0. The van der Waals surface area contributed by atoms with E-state index in [-0.39, 0.29) is 6.73 Å². The van der Waals surface area contributed by atoms with Crippen molar-refractivity contribution in [1.82, 2.24) is 5.43 Å². The van der Waals surface area contributed by atoms with Crippen LogP contribution in [0.4, 0.5) is 0 Å². The molecule has 0 spiro atoms. The summed E-state index contributed by atoms with van der Waals surface area (Å²) in [6.45, 7) is 5.61. The van der Waals surface area contributed by atoms with Crippen molar-refractivity contribution in [2.75, 3.05) is 13.3 Å². The summed E-state index contributed by atoms with van der Waals surface area (Å²) in [7, 11) is 0. The van der Waals surface area contributed by atoms with E-state index in [1.54, 1.807) is 0 Å². The quantitative estimate of drug-likeness (QED) is 0.280. The average molecular weight is 143 g/mol. The van der Waals surface area contributed by atoms with Crippen LogP contribution in [0.5, 0.6) is 0 Å². The molecule has 0 saturated carbocycles. The molecule has 0 heterocycles. The summed E-state index contributed by atoms with van der Waals surface area (Å²) in [5.74, 6) is 0. The molecular formula is C6H13N3O. The minimum absolute atomic E-state index is 0.184. The zero-order chi connectivity index (χ0) is 7.98.